The van der Waals surface area contributed by atoms with Gasteiger partial charge in [-0.15, -0.1) is 21.5 Å². The first kappa shape index (κ1) is 22.3. The highest BCUT2D eigenvalue weighted by atomic mass is 32.1. The van der Waals surface area contributed by atoms with Gasteiger partial charge in [-0.25, -0.2) is 4.98 Å². The molecule has 8 nitrogen and oxygen atoms in total. The fourth-order valence-corrected chi connectivity index (χ4v) is 5.81. The molecular weight excluding hydrogens is 455 g/mol. The molecule has 1 atom stereocenters. The number of hydrogen-bond acceptors (Lipinski definition) is 8. The highest BCUT2D eigenvalue weighted by Crippen LogP contribution is 2.37. The van der Waals surface area contributed by atoms with Crippen LogP contribution in [-0.2, 0) is 25.7 Å². The quantitative estimate of drug-likeness (QED) is 0.596. The van der Waals surface area contributed by atoms with E-state index in [1.54, 1.807) is 11.3 Å². The number of nitrogens with zero attached hydrogens (tertiary/aromatic N) is 7. The molecule has 3 aromatic rings. The van der Waals surface area contributed by atoms with E-state index in [0.29, 0.717) is 18.3 Å². The third-order valence-corrected chi connectivity index (χ3v) is 7.40. The van der Waals surface area contributed by atoms with Gasteiger partial charge < -0.3 is 19.5 Å². The predicted molar refractivity (Wildman–Crippen MR) is 120 cm³/mol. The second-order valence-corrected chi connectivity index (χ2v) is 9.68. The van der Waals surface area contributed by atoms with E-state index in [-0.39, 0.29) is 31.6 Å². The minimum absolute atomic E-state index is 0.0297. The van der Waals surface area contributed by atoms with Crippen LogP contribution in [0, 0.1) is 0 Å². The van der Waals surface area contributed by atoms with Gasteiger partial charge in [-0.2, -0.15) is 18.2 Å². The number of piperidine rings is 1. The van der Waals surface area contributed by atoms with Gasteiger partial charge in [0, 0.05) is 24.5 Å². The first-order valence-corrected chi connectivity index (χ1v) is 12.1. The van der Waals surface area contributed by atoms with Crippen LogP contribution in [0.25, 0.3) is 10.2 Å². The van der Waals surface area contributed by atoms with Crippen molar-refractivity contribution >= 4 is 33.3 Å². The zero-order valence-electron chi connectivity index (χ0n) is 18.3. The van der Waals surface area contributed by atoms with Crippen molar-refractivity contribution in [1.82, 2.24) is 24.7 Å². The maximum atomic E-state index is 13.3. The SMILES string of the molecule is CCCc1cc2c(N3CCn4c(nnc4C(F)(F)F)C3)nc(N3CCCCC3CO)nc2s1. The normalized spacial score (nSPS) is 19.4. The zero-order valence-corrected chi connectivity index (χ0v) is 19.2. The van der Waals surface area contributed by atoms with Gasteiger partial charge in [0.05, 0.1) is 24.6 Å². The van der Waals surface area contributed by atoms with E-state index in [0.717, 1.165) is 53.4 Å². The molecule has 1 fully saturated rings. The number of aromatic nitrogens is 5. The maximum Gasteiger partial charge on any atom is 0.451 e. The zero-order chi connectivity index (χ0) is 23.2. The largest absolute Gasteiger partial charge is 0.451 e. The Morgan fingerprint density at radius 3 is 2.76 bits per heavy atom. The number of alkyl halides is 3. The van der Waals surface area contributed by atoms with Crippen LogP contribution in [0.4, 0.5) is 24.9 Å². The Morgan fingerprint density at radius 1 is 1.15 bits per heavy atom. The molecule has 2 aliphatic rings. The van der Waals surface area contributed by atoms with Crippen molar-refractivity contribution in [2.45, 2.75) is 64.3 Å². The number of aliphatic hydroxyl groups is 1. The smallest absolute Gasteiger partial charge is 0.394 e. The number of aryl methyl sites for hydroxylation is 1. The number of aliphatic hydroxyl groups excluding tert-OH is 1. The Morgan fingerprint density at radius 2 is 2.00 bits per heavy atom. The molecule has 5 rings (SSSR count). The number of rotatable bonds is 5. The summed E-state index contributed by atoms with van der Waals surface area (Å²) in [5, 5.41) is 18.0. The van der Waals surface area contributed by atoms with Gasteiger partial charge in [0.2, 0.25) is 11.8 Å². The molecule has 0 bridgehead atoms. The van der Waals surface area contributed by atoms with Gasteiger partial charge >= 0.3 is 6.18 Å². The van der Waals surface area contributed by atoms with E-state index < -0.39 is 12.0 Å². The summed E-state index contributed by atoms with van der Waals surface area (Å²) in [6.45, 7) is 3.62. The molecule has 178 valence electrons. The van der Waals surface area contributed by atoms with Gasteiger partial charge in [-0.3, -0.25) is 0 Å². The Labute approximate surface area is 193 Å². The average molecular weight is 482 g/mol. The van der Waals surface area contributed by atoms with Gasteiger partial charge in [0.1, 0.15) is 10.6 Å². The van der Waals surface area contributed by atoms with Crippen LogP contribution >= 0.6 is 11.3 Å². The number of fused-ring (bicyclic) bond motifs is 2. The summed E-state index contributed by atoms with van der Waals surface area (Å²) in [4.78, 5) is 15.9. The van der Waals surface area contributed by atoms with E-state index in [2.05, 4.69) is 28.1 Å². The third-order valence-electron chi connectivity index (χ3n) is 6.31. The molecule has 0 amide bonds. The summed E-state index contributed by atoms with van der Waals surface area (Å²) in [5.41, 5.74) is 0. The average Bonchev–Trinajstić information content (AvgIpc) is 3.41. The highest BCUT2D eigenvalue weighted by Gasteiger charge is 2.40. The van der Waals surface area contributed by atoms with Crippen LogP contribution in [-0.4, -0.2) is 55.6 Å². The van der Waals surface area contributed by atoms with E-state index in [1.165, 1.54) is 4.88 Å². The predicted octanol–water partition coefficient (Wildman–Crippen LogP) is 3.63. The summed E-state index contributed by atoms with van der Waals surface area (Å²) < 4.78 is 40.9. The van der Waals surface area contributed by atoms with Crippen molar-refractivity contribution in [3.05, 3.63) is 22.6 Å². The van der Waals surface area contributed by atoms with Crippen LogP contribution in [0.15, 0.2) is 6.07 Å². The van der Waals surface area contributed by atoms with Crippen LogP contribution in [0.1, 0.15) is 49.1 Å². The first-order valence-electron chi connectivity index (χ1n) is 11.3. The Hall–Kier alpha value is -2.47. The van der Waals surface area contributed by atoms with Gasteiger partial charge in [-0.1, -0.05) is 13.3 Å². The lowest BCUT2D eigenvalue weighted by Gasteiger charge is -2.35. The molecule has 1 N–H and O–H groups in total. The number of anilines is 2. The molecule has 0 aromatic carbocycles. The molecule has 1 saturated heterocycles. The lowest BCUT2D eigenvalue weighted by Crippen LogP contribution is -2.43. The standard InChI is InChI=1S/C21H26F3N7OS/c1-2-5-14-10-15-17(29-8-9-31-16(11-29)27-28-19(31)21(22,23)24)25-20(26-18(15)33-14)30-7-4-3-6-13(30)12-32/h10,13,32H,2-9,11-12H2,1H3. The lowest BCUT2D eigenvalue weighted by atomic mass is 10.0. The fraction of sp³-hybridized carbons (Fsp3) is 0.619. The number of hydrogen-bond donors (Lipinski definition) is 1. The molecule has 5 heterocycles. The van der Waals surface area contributed by atoms with Gasteiger partial charge in [0.25, 0.3) is 0 Å². The van der Waals surface area contributed by atoms with Crippen molar-refractivity contribution < 1.29 is 18.3 Å². The molecule has 0 radical (unpaired) electrons. The minimum atomic E-state index is -4.53. The molecule has 0 spiro atoms. The molecule has 33 heavy (non-hydrogen) atoms. The highest BCUT2D eigenvalue weighted by molar-refractivity contribution is 7.18. The summed E-state index contributed by atoms with van der Waals surface area (Å²) in [5.74, 6) is 0.602. The number of thiophene rings is 1. The topological polar surface area (TPSA) is 83.2 Å². The summed E-state index contributed by atoms with van der Waals surface area (Å²) in [6.07, 6.45) is 0.354. The second-order valence-electron chi connectivity index (χ2n) is 8.57. The van der Waals surface area contributed by atoms with Crippen molar-refractivity contribution in [3.63, 3.8) is 0 Å². The Kier molecular flexibility index (Phi) is 5.89. The van der Waals surface area contributed by atoms with E-state index in [1.807, 2.05) is 4.90 Å². The van der Waals surface area contributed by atoms with E-state index in [4.69, 9.17) is 9.97 Å². The molecule has 1 unspecified atom stereocenters. The van der Waals surface area contributed by atoms with Crippen LogP contribution < -0.4 is 9.80 Å². The molecule has 2 aliphatic heterocycles. The van der Waals surface area contributed by atoms with Crippen molar-refractivity contribution in [2.75, 3.05) is 29.5 Å². The van der Waals surface area contributed by atoms with Crippen molar-refractivity contribution in [2.24, 2.45) is 0 Å². The van der Waals surface area contributed by atoms with E-state index >= 15 is 0 Å². The molecule has 0 saturated carbocycles. The third kappa shape index (κ3) is 4.14. The number of halogens is 3. The van der Waals surface area contributed by atoms with E-state index in [9.17, 15) is 18.3 Å². The van der Waals surface area contributed by atoms with Crippen molar-refractivity contribution in [3.8, 4) is 0 Å². The van der Waals surface area contributed by atoms with Gasteiger partial charge in [0.15, 0.2) is 5.82 Å². The van der Waals surface area contributed by atoms with Crippen LogP contribution in [0.5, 0.6) is 0 Å². The van der Waals surface area contributed by atoms with Crippen molar-refractivity contribution in [1.29, 1.82) is 0 Å². The Balaban J connectivity index is 1.55. The van der Waals surface area contributed by atoms with Gasteiger partial charge in [-0.05, 0) is 31.7 Å². The maximum absolute atomic E-state index is 13.3. The lowest BCUT2D eigenvalue weighted by molar-refractivity contribution is -0.147. The molecular formula is C21H26F3N7OS. The first-order chi connectivity index (χ1) is 15.9. The summed E-state index contributed by atoms with van der Waals surface area (Å²) >= 11 is 1.63. The van der Waals surface area contributed by atoms with Crippen LogP contribution in [0.2, 0.25) is 0 Å². The summed E-state index contributed by atoms with van der Waals surface area (Å²) in [6, 6.07) is 2.07. The minimum Gasteiger partial charge on any atom is -0.394 e. The molecule has 0 aliphatic carbocycles. The Bertz CT molecular complexity index is 1150. The monoisotopic (exact) mass is 481 g/mol. The fourth-order valence-electron chi connectivity index (χ4n) is 4.69. The molecule has 3 aromatic heterocycles. The second kappa shape index (κ2) is 8.71. The summed E-state index contributed by atoms with van der Waals surface area (Å²) in [7, 11) is 0. The molecule has 12 heteroatoms. The van der Waals surface area contributed by atoms with Crippen LogP contribution in [0.3, 0.4) is 0 Å².